The third kappa shape index (κ3) is 5.42. The highest BCUT2D eigenvalue weighted by Crippen LogP contribution is 2.32. The highest BCUT2D eigenvalue weighted by Gasteiger charge is 2.04. The molecule has 1 aromatic rings. The van der Waals surface area contributed by atoms with E-state index in [1.54, 1.807) is 11.3 Å². The smallest absolute Gasteiger partial charge is 0.0765 e. The molecule has 0 radical (unpaired) electrons. The molecule has 1 N–H and O–H groups in total. The summed E-state index contributed by atoms with van der Waals surface area (Å²) in [6.45, 7) is 2.06. The van der Waals surface area contributed by atoms with Crippen LogP contribution >= 0.6 is 43.2 Å². The number of thiophene rings is 1. The molecule has 0 aliphatic heterocycles. The number of hydrogen-bond donors (Lipinski definition) is 1. The number of hydrogen-bond acceptors (Lipinski definition) is 4. The van der Waals surface area contributed by atoms with Gasteiger partial charge in [0.2, 0.25) is 0 Å². The lowest BCUT2D eigenvalue weighted by Gasteiger charge is -2.03. The molecular formula is C9H12Br2O3S. The van der Waals surface area contributed by atoms with Crippen LogP contribution in [0.1, 0.15) is 5.56 Å². The SMILES string of the molecule is OCCOCCOCc1cc(Br)sc1Br. The van der Waals surface area contributed by atoms with Gasteiger partial charge in [-0.15, -0.1) is 11.3 Å². The normalized spacial score (nSPS) is 10.9. The standard InChI is InChI=1S/C9H12Br2O3S/c10-8-5-7(9(11)15-8)6-14-4-3-13-2-1-12/h5,12H,1-4,6H2. The van der Waals surface area contributed by atoms with Gasteiger partial charge in [0.25, 0.3) is 0 Å². The molecule has 3 nitrogen and oxygen atoms in total. The molecule has 0 spiro atoms. The molecule has 6 heteroatoms. The van der Waals surface area contributed by atoms with Crippen LogP contribution in [-0.4, -0.2) is 31.5 Å². The maximum atomic E-state index is 8.46. The fourth-order valence-electron chi connectivity index (χ4n) is 0.939. The summed E-state index contributed by atoms with van der Waals surface area (Å²) < 4.78 is 12.6. The molecule has 86 valence electrons. The maximum absolute atomic E-state index is 8.46. The Bertz CT molecular complexity index is 291. The second-order valence-corrected chi connectivity index (χ2v) is 6.49. The second-order valence-electron chi connectivity index (χ2n) is 2.74. The van der Waals surface area contributed by atoms with Gasteiger partial charge in [0.15, 0.2) is 0 Å². The van der Waals surface area contributed by atoms with Gasteiger partial charge in [-0.1, -0.05) is 0 Å². The van der Waals surface area contributed by atoms with Gasteiger partial charge in [-0.2, -0.15) is 0 Å². The minimum Gasteiger partial charge on any atom is -0.394 e. The Morgan fingerprint density at radius 2 is 1.93 bits per heavy atom. The zero-order valence-electron chi connectivity index (χ0n) is 8.04. The van der Waals surface area contributed by atoms with Crippen molar-refractivity contribution in [3.05, 3.63) is 19.2 Å². The van der Waals surface area contributed by atoms with Crippen LogP contribution in [0.3, 0.4) is 0 Å². The van der Waals surface area contributed by atoms with E-state index in [1.807, 2.05) is 6.07 Å². The van der Waals surface area contributed by atoms with E-state index in [1.165, 1.54) is 0 Å². The lowest BCUT2D eigenvalue weighted by Crippen LogP contribution is -2.07. The number of ether oxygens (including phenoxy) is 2. The van der Waals surface area contributed by atoms with Gasteiger partial charge in [0.1, 0.15) is 0 Å². The first-order valence-electron chi connectivity index (χ1n) is 4.44. The highest BCUT2D eigenvalue weighted by molar-refractivity contribution is 9.12. The van der Waals surface area contributed by atoms with Crippen LogP contribution in [0, 0.1) is 0 Å². The van der Waals surface area contributed by atoms with E-state index in [-0.39, 0.29) is 6.61 Å². The molecule has 0 atom stereocenters. The van der Waals surface area contributed by atoms with E-state index >= 15 is 0 Å². The van der Waals surface area contributed by atoms with E-state index in [4.69, 9.17) is 14.6 Å². The molecule has 0 saturated heterocycles. The average molecular weight is 360 g/mol. The summed E-state index contributed by atoms with van der Waals surface area (Å²) in [6, 6.07) is 2.03. The van der Waals surface area contributed by atoms with E-state index in [0.29, 0.717) is 26.4 Å². The molecule has 1 heterocycles. The van der Waals surface area contributed by atoms with E-state index in [2.05, 4.69) is 31.9 Å². The Kier molecular flexibility index (Phi) is 7.03. The average Bonchev–Trinajstić information content (AvgIpc) is 2.51. The van der Waals surface area contributed by atoms with E-state index in [9.17, 15) is 0 Å². The molecule has 0 unspecified atom stereocenters. The lowest BCUT2D eigenvalue weighted by atomic mass is 10.4. The van der Waals surface area contributed by atoms with Crippen LogP contribution in [0.2, 0.25) is 0 Å². The first-order chi connectivity index (χ1) is 7.24. The Morgan fingerprint density at radius 1 is 1.20 bits per heavy atom. The summed E-state index contributed by atoms with van der Waals surface area (Å²) in [4.78, 5) is 0. The van der Waals surface area contributed by atoms with Gasteiger partial charge in [-0.3, -0.25) is 0 Å². The van der Waals surface area contributed by atoms with Crippen molar-refractivity contribution >= 4 is 43.2 Å². The molecular weight excluding hydrogens is 348 g/mol. The molecule has 0 bridgehead atoms. The summed E-state index contributed by atoms with van der Waals surface area (Å²) in [5, 5.41) is 8.46. The number of aliphatic hydroxyl groups is 1. The van der Waals surface area contributed by atoms with Crippen molar-refractivity contribution in [2.45, 2.75) is 6.61 Å². The van der Waals surface area contributed by atoms with E-state index in [0.717, 1.165) is 13.1 Å². The summed E-state index contributed by atoms with van der Waals surface area (Å²) in [5.74, 6) is 0. The van der Waals surface area contributed by atoms with Gasteiger partial charge in [-0.05, 0) is 37.9 Å². The van der Waals surface area contributed by atoms with Crippen LogP contribution in [0.15, 0.2) is 13.6 Å². The van der Waals surface area contributed by atoms with Crippen LogP contribution in [0.4, 0.5) is 0 Å². The van der Waals surface area contributed by atoms with Crippen molar-refractivity contribution in [1.29, 1.82) is 0 Å². The topological polar surface area (TPSA) is 38.7 Å². The number of rotatable bonds is 7. The third-order valence-electron chi connectivity index (χ3n) is 1.59. The van der Waals surface area contributed by atoms with Gasteiger partial charge < -0.3 is 14.6 Å². The van der Waals surface area contributed by atoms with Crippen molar-refractivity contribution in [1.82, 2.24) is 0 Å². The molecule has 15 heavy (non-hydrogen) atoms. The molecule has 0 saturated carbocycles. The van der Waals surface area contributed by atoms with Gasteiger partial charge in [0, 0.05) is 5.56 Å². The Hall–Kier alpha value is 0.540. The number of aliphatic hydroxyl groups excluding tert-OH is 1. The number of halogens is 2. The van der Waals surface area contributed by atoms with Gasteiger partial charge >= 0.3 is 0 Å². The molecule has 0 amide bonds. The minimum atomic E-state index is 0.0586. The second kappa shape index (κ2) is 7.76. The zero-order valence-corrected chi connectivity index (χ0v) is 12.0. The predicted molar refractivity (Wildman–Crippen MR) is 67.3 cm³/mol. The lowest BCUT2D eigenvalue weighted by molar-refractivity contribution is 0.0274. The third-order valence-corrected chi connectivity index (χ3v) is 4.06. The highest BCUT2D eigenvalue weighted by atomic mass is 79.9. The van der Waals surface area contributed by atoms with Gasteiger partial charge in [0.05, 0.1) is 40.6 Å². The summed E-state index contributed by atoms with van der Waals surface area (Å²) >= 11 is 8.49. The molecule has 1 aromatic heterocycles. The van der Waals surface area contributed by atoms with Crippen molar-refractivity contribution in [2.75, 3.05) is 26.4 Å². The fraction of sp³-hybridized carbons (Fsp3) is 0.556. The van der Waals surface area contributed by atoms with Crippen LogP contribution in [0.5, 0.6) is 0 Å². The fourth-order valence-corrected chi connectivity index (χ4v) is 3.73. The molecule has 0 aliphatic rings. The zero-order chi connectivity index (χ0) is 11.1. The maximum Gasteiger partial charge on any atom is 0.0765 e. The summed E-state index contributed by atoms with van der Waals surface area (Å²) in [7, 11) is 0. The van der Waals surface area contributed by atoms with Crippen molar-refractivity contribution in [2.24, 2.45) is 0 Å². The largest absolute Gasteiger partial charge is 0.394 e. The summed E-state index contributed by atoms with van der Waals surface area (Å²) in [5.41, 5.74) is 1.13. The molecule has 1 rings (SSSR count). The molecule has 0 aromatic carbocycles. The predicted octanol–water partition coefficient (Wildman–Crippen LogP) is 2.80. The molecule has 0 fully saturated rings. The minimum absolute atomic E-state index is 0.0586. The van der Waals surface area contributed by atoms with Crippen molar-refractivity contribution in [3.63, 3.8) is 0 Å². The first-order valence-corrected chi connectivity index (χ1v) is 6.84. The van der Waals surface area contributed by atoms with Crippen LogP contribution < -0.4 is 0 Å². The quantitative estimate of drug-likeness (QED) is 0.761. The Balaban J connectivity index is 2.12. The molecule has 0 aliphatic carbocycles. The van der Waals surface area contributed by atoms with Crippen molar-refractivity contribution < 1.29 is 14.6 Å². The van der Waals surface area contributed by atoms with E-state index < -0.39 is 0 Å². The van der Waals surface area contributed by atoms with Crippen LogP contribution in [-0.2, 0) is 16.1 Å². The monoisotopic (exact) mass is 358 g/mol. The van der Waals surface area contributed by atoms with Crippen molar-refractivity contribution in [3.8, 4) is 0 Å². The van der Waals surface area contributed by atoms with Gasteiger partial charge in [-0.25, -0.2) is 0 Å². The first kappa shape index (κ1) is 13.6. The Morgan fingerprint density at radius 3 is 2.53 bits per heavy atom. The van der Waals surface area contributed by atoms with Crippen LogP contribution in [0.25, 0.3) is 0 Å². The Labute approximate surface area is 110 Å². The summed E-state index contributed by atoms with van der Waals surface area (Å²) in [6.07, 6.45) is 0.